The van der Waals surface area contributed by atoms with E-state index in [9.17, 15) is 40.8 Å². The van der Waals surface area contributed by atoms with Crippen LogP contribution in [0.3, 0.4) is 0 Å². The van der Waals surface area contributed by atoms with Gasteiger partial charge in [0.15, 0.2) is 0 Å². The molecule has 2 saturated carbocycles. The molecule has 4 aliphatic rings. The maximum atomic E-state index is 14.8. The van der Waals surface area contributed by atoms with Crippen LogP contribution < -0.4 is 30.1 Å². The number of hydrogen-bond acceptors (Lipinski definition) is 9. The van der Waals surface area contributed by atoms with Crippen molar-refractivity contribution in [3.63, 3.8) is 0 Å². The Hall–Kier alpha value is -4.61. The Labute approximate surface area is 342 Å². The summed E-state index contributed by atoms with van der Waals surface area (Å²) in [6.45, 7) is 9.08. The fourth-order valence-corrected chi connectivity index (χ4v) is 9.16. The van der Waals surface area contributed by atoms with E-state index in [0.717, 1.165) is 25.7 Å². The molecule has 2 aliphatic carbocycles. The number of benzene rings is 1. The van der Waals surface area contributed by atoms with Crippen LogP contribution >= 0.6 is 0 Å². The number of pyridine rings is 1. The third kappa shape index (κ3) is 9.26. The van der Waals surface area contributed by atoms with Gasteiger partial charge in [-0.2, -0.15) is 13.2 Å². The van der Waals surface area contributed by atoms with Gasteiger partial charge in [0, 0.05) is 23.1 Å². The van der Waals surface area contributed by atoms with Gasteiger partial charge in [0.2, 0.25) is 27.7 Å². The molecule has 2 aromatic rings. The molecular weight excluding hydrogens is 794 g/mol. The molecule has 0 bridgehead atoms. The molecule has 18 heteroatoms. The Morgan fingerprint density at radius 2 is 1.78 bits per heavy atom. The zero-order valence-electron chi connectivity index (χ0n) is 34.3. The predicted molar refractivity (Wildman–Crippen MR) is 213 cm³/mol. The molecule has 6 rings (SSSR count). The van der Waals surface area contributed by atoms with Crippen molar-refractivity contribution < 1.29 is 50.2 Å². The first-order valence-electron chi connectivity index (χ1n) is 20.3. The topological polar surface area (TPSA) is 185 Å². The van der Waals surface area contributed by atoms with Gasteiger partial charge >= 0.3 is 12.2 Å². The molecule has 7 atom stereocenters. The zero-order valence-corrected chi connectivity index (χ0v) is 35.1. The van der Waals surface area contributed by atoms with E-state index < -0.39 is 85.8 Å². The lowest BCUT2D eigenvalue weighted by molar-refractivity contribution is -0.182. The van der Waals surface area contributed by atoms with Crippen LogP contribution in [0.2, 0.25) is 0 Å². The van der Waals surface area contributed by atoms with Gasteiger partial charge in [0.1, 0.15) is 35.0 Å². The summed E-state index contributed by atoms with van der Waals surface area (Å²) in [5.74, 6) is -2.78. The third-order valence-electron chi connectivity index (χ3n) is 12.1. The SMILES string of the molecule is CCCOc1cnc(O[C@@H]2C[C@H]3C(=O)N[C@]4(C(=O)NS(=O)(=O)C5(C)CC5)C[C@H]4/C=C\CC[C@@H](C)C[C@@H](C)[C@H](NC(=O)NC(C)(C)C(F)(F)F)C(=O)N3C2)c2ccccc12. The largest absolute Gasteiger partial charge is 0.491 e. The van der Waals surface area contributed by atoms with Gasteiger partial charge in [-0.1, -0.05) is 51.1 Å². The Kier molecular flexibility index (Phi) is 12.3. The molecule has 14 nitrogen and oxygen atoms in total. The van der Waals surface area contributed by atoms with Crippen molar-refractivity contribution in [2.75, 3.05) is 13.2 Å². The molecule has 1 aromatic carbocycles. The first kappa shape index (κ1) is 44.0. The van der Waals surface area contributed by atoms with Crippen molar-refractivity contribution in [3.8, 4) is 11.6 Å². The van der Waals surface area contributed by atoms with Crippen LogP contribution in [0.25, 0.3) is 10.8 Å². The zero-order chi connectivity index (χ0) is 43.1. The highest BCUT2D eigenvalue weighted by Crippen LogP contribution is 2.48. The number of halogens is 3. The maximum Gasteiger partial charge on any atom is 0.411 e. The Bertz CT molecular complexity index is 2090. The van der Waals surface area contributed by atoms with Crippen LogP contribution in [0, 0.1) is 17.8 Å². The normalized spacial score (nSPS) is 29.1. The van der Waals surface area contributed by atoms with E-state index in [2.05, 4.69) is 20.3 Å². The van der Waals surface area contributed by atoms with Crippen molar-refractivity contribution in [2.24, 2.45) is 17.8 Å². The van der Waals surface area contributed by atoms with Gasteiger partial charge in [-0.15, -0.1) is 0 Å². The average Bonchev–Trinajstić information content (AvgIpc) is 4.04. The number of aromatic nitrogens is 1. The number of rotatable bonds is 10. The highest BCUT2D eigenvalue weighted by molar-refractivity contribution is 7.91. The number of carbonyl (C=O) groups is 4. The van der Waals surface area contributed by atoms with Crippen LogP contribution in [0.4, 0.5) is 18.0 Å². The molecule has 0 spiro atoms. The number of hydrogen-bond donors (Lipinski definition) is 4. The van der Waals surface area contributed by atoms with Crippen LogP contribution in [0.1, 0.15) is 92.9 Å². The number of nitrogens with zero attached hydrogens (tertiary/aromatic N) is 2. The lowest BCUT2D eigenvalue weighted by Crippen LogP contribution is -2.62. The minimum Gasteiger partial charge on any atom is -0.491 e. The van der Waals surface area contributed by atoms with Crippen LogP contribution in [0.15, 0.2) is 42.6 Å². The maximum absolute atomic E-state index is 14.8. The van der Waals surface area contributed by atoms with Crippen molar-refractivity contribution in [2.45, 2.75) is 133 Å². The predicted octanol–water partition coefficient (Wildman–Crippen LogP) is 5.27. The summed E-state index contributed by atoms with van der Waals surface area (Å²) in [6.07, 6.45) is 2.69. The van der Waals surface area contributed by atoms with Gasteiger partial charge in [0.25, 0.3) is 5.91 Å². The van der Waals surface area contributed by atoms with E-state index in [1.54, 1.807) is 32.1 Å². The van der Waals surface area contributed by atoms with Crippen LogP contribution in [0.5, 0.6) is 11.6 Å². The monoisotopic (exact) mass is 848 g/mol. The van der Waals surface area contributed by atoms with E-state index in [1.165, 1.54) is 11.1 Å². The molecule has 0 unspecified atom stereocenters. The molecule has 324 valence electrons. The number of allylic oxidation sites excluding steroid dienone is 1. The minimum absolute atomic E-state index is 0.0166. The molecule has 3 fully saturated rings. The minimum atomic E-state index is -4.80. The van der Waals surface area contributed by atoms with Crippen molar-refractivity contribution in [1.82, 2.24) is 30.6 Å². The first-order chi connectivity index (χ1) is 27.6. The fraction of sp³-hybridized carbons (Fsp3) is 0.634. The molecular formula is C41H55F3N6O8S. The van der Waals surface area contributed by atoms with Gasteiger partial charge in [0.05, 0.1) is 24.1 Å². The summed E-state index contributed by atoms with van der Waals surface area (Å²) in [6, 6.07) is 3.39. The van der Waals surface area contributed by atoms with Gasteiger partial charge < -0.3 is 30.3 Å². The number of sulfonamides is 1. The summed E-state index contributed by atoms with van der Waals surface area (Å²) in [5.41, 5.74) is -4.27. The van der Waals surface area contributed by atoms with Crippen molar-refractivity contribution in [3.05, 3.63) is 42.6 Å². The number of nitrogens with one attached hydrogen (secondary N) is 4. The average molecular weight is 849 g/mol. The molecule has 4 N–H and O–H groups in total. The second kappa shape index (κ2) is 16.4. The number of carbonyl (C=O) groups excluding carboxylic acids is 4. The molecule has 1 aromatic heterocycles. The van der Waals surface area contributed by atoms with Gasteiger partial charge in [-0.25, -0.2) is 18.2 Å². The van der Waals surface area contributed by atoms with Crippen molar-refractivity contribution >= 4 is 44.5 Å². The summed E-state index contributed by atoms with van der Waals surface area (Å²) in [4.78, 5) is 62.3. The summed E-state index contributed by atoms with van der Waals surface area (Å²) in [5, 5.41) is 8.60. The number of alkyl halides is 3. The molecule has 0 radical (unpaired) electrons. The van der Waals surface area contributed by atoms with Crippen LogP contribution in [-0.4, -0.2) is 95.4 Å². The molecule has 59 heavy (non-hydrogen) atoms. The van der Waals surface area contributed by atoms with E-state index >= 15 is 0 Å². The van der Waals surface area contributed by atoms with Crippen molar-refractivity contribution in [1.29, 1.82) is 0 Å². The molecule has 3 heterocycles. The van der Waals surface area contributed by atoms with Crippen LogP contribution in [-0.2, 0) is 24.4 Å². The Morgan fingerprint density at radius 1 is 1.08 bits per heavy atom. The second-order valence-electron chi connectivity index (χ2n) is 17.5. The summed E-state index contributed by atoms with van der Waals surface area (Å²) < 4.78 is 81.3. The lowest BCUT2D eigenvalue weighted by atomic mass is 9.88. The van der Waals surface area contributed by atoms with E-state index in [0.29, 0.717) is 49.8 Å². The lowest BCUT2D eigenvalue weighted by Gasteiger charge is -2.34. The van der Waals surface area contributed by atoms with E-state index in [1.807, 2.05) is 37.4 Å². The summed E-state index contributed by atoms with van der Waals surface area (Å²) >= 11 is 0. The molecule has 2 aliphatic heterocycles. The fourth-order valence-electron chi connectivity index (χ4n) is 7.85. The highest BCUT2D eigenvalue weighted by Gasteiger charge is 2.63. The van der Waals surface area contributed by atoms with E-state index in [-0.39, 0.29) is 31.2 Å². The second-order valence-corrected chi connectivity index (χ2v) is 19.7. The number of urea groups is 1. The van der Waals surface area contributed by atoms with E-state index in [4.69, 9.17) is 9.47 Å². The number of fused-ring (bicyclic) bond motifs is 3. The Morgan fingerprint density at radius 3 is 2.44 bits per heavy atom. The smallest absolute Gasteiger partial charge is 0.411 e. The number of amides is 5. The number of ether oxygens (including phenoxy) is 2. The molecule has 1 saturated heterocycles. The van der Waals surface area contributed by atoms with Gasteiger partial charge in [-0.3, -0.25) is 19.1 Å². The first-order valence-corrected chi connectivity index (χ1v) is 21.8. The quantitative estimate of drug-likeness (QED) is 0.232. The Balaban J connectivity index is 1.35. The summed E-state index contributed by atoms with van der Waals surface area (Å²) in [7, 11) is -4.07. The standard InChI is InChI=1S/C41H55F3N6O8S/c1-7-18-57-31-22-45-34(29-15-11-10-14-28(29)31)58-27-20-30-33(51)47-40(36(53)49-59(55,56)39(6)16-17-39)21-26(40)13-9-8-12-24(2)19-25(3)32(35(52)50(30)23-27)46-37(54)48-38(4,5)41(42,43)44/h9-11,13-15,22,24-27,30,32H,7-8,12,16-21,23H2,1-6H3,(H,47,51)(H,49,53)(H2,46,48,54)/b13-9-/t24-,25-,26-,27-,30+,32+,40-/m1/s1. The highest BCUT2D eigenvalue weighted by atomic mass is 32.2. The third-order valence-corrected chi connectivity index (χ3v) is 14.3. The van der Waals surface area contributed by atoms with Gasteiger partial charge in [-0.05, 0) is 83.6 Å². The molecule has 5 amide bonds.